The normalized spacial score (nSPS) is 10.6. The molecular formula is C12H11ClN2O2. The van der Waals surface area contributed by atoms with Crippen LogP contribution in [0.4, 0.5) is 0 Å². The molecule has 17 heavy (non-hydrogen) atoms. The molecule has 1 heterocycles. The Hall–Kier alpha value is -1.68. The van der Waals surface area contributed by atoms with Gasteiger partial charge in [0.05, 0.1) is 40.1 Å². The number of hydrogen-bond donors (Lipinski definition) is 0. The molecule has 0 aliphatic heterocycles. The van der Waals surface area contributed by atoms with Crippen LogP contribution in [0.3, 0.4) is 0 Å². The Balaban J connectivity index is 2.71. The molecule has 0 unspecified atom stereocenters. The largest absolute Gasteiger partial charge is 0.465 e. The van der Waals surface area contributed by atoms with Crippen molar-refractivity contribution >= 4 is 28.6 Å². The van der Waals surface area contributed by atoms with E-state index >= 15 is 0 Å². The quantitative estimate of drug-likeness (QED) is 0.730. The number of halogens is 1. The molecule has 0 saturated carbocycles. The summed E-state index contributed by atoms with van der Waals surface area (Å²) in [5, 5.41) is 0.321. The van der Waals surface area contributed by atoms with Crippen molar-refractivity contribution in [1.82, 2.24) is 9.97 Å². The molecule has 0 spiro atoms. The van der Waals surface area contributed by atoms with Crippen LogP contribution in [0.1, 0.15) is 21.7 Å². The van der Waals surface area contributed by atoms with Gasteiger partial charge in [-0.15, -0.1) is 0 Å². The number of aromatic nitrogens is 2. The minimum Gasteiger partial charge on any atom is -0.465 e. The highest BCUT2D eigenvalue weighted by molar-refractivity contribution is 6.34. The number of aryl methyl sites for hydroxylation is 2. The standard InChI is InChI=1S/C12H11ClN2O2/c1-6-7(2)15-11-5-9(13)8(12(16)17-3)4-10(11)14-6/h4-5H,1-3H3. The van der Waals surface area contributed by atoms with Crippen molar-refractivity contribution in [3.8, 4) is 0 Å². The lowest BCUT2D eigenvalue weighted by Crippen LogP contribution is -2.03. The number of nitrogens with zero attached hydrogens (tertiary/aromatic N) is 2. The van der Waals surface area contributed by atoms with Crippen LogP contribution in [0.2, 0.25) is 5.02 Å². The number of fused-ring (bicyclic) bond motifs is 1. The third-order valence-electron chi connectivity index (χ3n) is 2.57. The maximum absolute atomic E-state index is 11.5. The van der Waals surface area contributed by atoms with Crippen molar-refractivity contribution in [3.63, 3.8) is 0 Å². The molecule has 0 aliphatic carbocycles. The van der Waals surface area contributed by atoms with Crippen LogP contribution in [0.15, 0.2) is 12.1 Å². The predicted octanol–water partition coefficient (Wildman–Crippen LogP) is 2.69. The number of methoxy groups -OCH3 is 1. The van der Waals surface area contributed by atoms with Gasteiger partial charge in [0.15, 0.2) is 0 Å². The number of benzene rings is 1. The van der Waals surface area contributed by atoms with Gasteiger partial charge in [-0.25, -0.2) is 14.8 Å². The van der Waals surface area contributed by atoms with E-state index in [0.29, 0.717) is 21.6 Å². The number of carbonyl (C=O) groups is 1. The van der Waals surface area contributed by atoms with Gasteiger partial charge in [0.1, 0.15) is 0 Å². The fourth-order valence-electron chi connectivity index (χ4n) is 1.52. The summed E-state index contributed by atoms with van der Waals surface area (Å²) in [4.78, 5) is 20.2. The van der Waals surface area contributed by atoms with E-state index in [-0.39, 0.29) is 0 Å². The van der Waals surface area contributed by atoms with Crippen LogP contribution in [0.5, 0.6) is 0 Å². The molecule has 2 aromatic rings. The van der Waals surface area contributed by atoms with Gasteiger partial charge in [-0.2, -0.15) is 0 Å². The smallest absolute Gasteiger partial charge is 0.339 e. The molecule has 0 aliphatic rings. The number of carbonyl (C=O) groups excluding carboxylic acids is 1. The molecular weight excluding hydrogens is 240 g/mol. The Bertz CT molecular complexity index is 611. The molecule has 0 N–H and O–H groups in total. The molecule has 88 valence electrons. The third kappa shape index (κ3) is 2.08. The Morgan fingerprint density at radius 3 is 2.24 bits per heavy atom. The van der Waals surface area contributed by atoms with Gasteiger partial charge in [-0.05, 0) is 26.0 Å². The first-order valence-corrected chi connectivity index (χ1v) is 5.43. The predicted molar refractivity (Wildman–Crippen MR) is 65.4 cm³/mol. The van der Waals surface area contributed by atoms with E-state index in [1.807, 2.05) is 13.8 Å². The number of rotatable bonds is 1. The topological polar surface area (TPSA) is 52.1 Å². The van der Waals surface area contributed by atoms with E-state index in [9.17, 15) is 4.79 Å². The fourth-order valence-corrected chi connectivity index (χ4v) is 1.76. The average molecular weight is 251 g/mol. The average Bonchev–Trinajstić information content (AvgIpc) is 2.30. The molecule has 2 rings (SSSR count). The van der Waals surface area contributed by atoms with Crippen molar-refractivity contribution in [3.05, 3.63) is 34.1 Å². The van der Waals surface area contributed by atoms with Crippen LogP contribution in [-0.4, -0.2) is 23.0 Å². The van der Waals surface area contributed by atoms with E-state index in [1.165, 1.54) is 7.11 Å². The molecule has 0 fully saturated rings. The molecule has 1 aromatic carbocycles. The molecule has 1 aromatic heterocycles. The molecule has 0 bridgehead atoms. The molecule has 0 atom stereocenters. The summed E-state index contributed by atoms with van der Waals surface area (Å²) >= 11 is 6.00. The third-order valence-corrected chi connectivity index (χ3v) is 2.88. The first kappa shape index (κ1) is 11.8. The Kier molecular flexibility index (Phi) is 2.98. The van der Waals surface area contributed by atoms with Crippen molar-refractivity contribution in [2.45, 2.75) is 13.8 Å². The first-order valence-electron chi connectivity index (χ1n) is 5.05. The summed E-state index contributed by atoms with van der Waals surface area (Å²) in [6, 6.07) is 3.23. The highest BCUT2D eigenvalue weighted by Crippen LogP contribution is 2.23. The highest BCUT2D eigenvalue weighted by atomic mass is 35.5. The van der Waals surface area contributed by atoms with Gasteiger partial charge in [-0.3, -0.25) is 0 Å². The minimum absolute atomic E-state index is 0.305. The van der Waals surface area contributed by atoms with E-state index in [1.54, 1.807) is 12.1 Å². The lowest BCUT2D eigenvalue weighted by atomic mass is 10.2. The zero-order valence-electron chi connectivity index (χ0n) is 9.74. The minimum atomic E-state index is -0.475. The Labute approximate surface area is 104 Å². The van der Waals surface area contributed by atoms with Crippen LogP contribution >= 0.6 is 11.6 Å². The van der Waals surface area contributed by atoms with E-state index < -0.39 is 5.97 Å². The maximum Gasteiger partial charge on any atom is 0.339 e. The van der Waals surface area contributed by atoms with Gasteiger partial charge in [0, 0.05) is 0 Å². The van der Waals surface area contributed by atoms with Crippen molar-refractivity contribution in [1.29, 1.82) is 0 Å². The van der Waals surface area contributed by atoms with Crippen molar-refractivity contribution in [2.24, 2.45) is 0 Å². The highest BCUT2D eigenvalue weighted by Gasteiger charge is 2.13. The van der Waals surface area contributed by atoms with Crippen LogP contribution in [0.25, 0.3) is 11.0 Å². The molecule has 0 radical (unpaired) electrons. The van der Waals surface area contributed by atoms with Gasteiger partial charge >= 0.3 is 5.97 Å². The zero-order valence-corrected chi connectivity index (χ0v) is 10.5. The fraction of sp³-hybridized carbons (Fsp3) is 0.250. The van der Waals surface area contributed by atoms with Gasteiger partial charge in [0.2, 0.25) is 0 Å². The zero-order chi connectivity index (χ0) is 12.6. The number of ether oxygens (including phenoxy) is 1. The summed E-state index contributed by atoms with van der Waals surface area (Å²) in [6.45, 7) is 3.75. The van der Waals surface area contributed by atoms with Crippen LogP contribution in [-0.2, 0) is 4.74 Å². The summed E-state index contributed by atoms with van der Waals surface area (Å²) < 4.78 is 4.65. The van der Waals surface area contributed by atoms with Crippen LogP contribution in [0, 0.1) is 13.8 Å². The van der Waals surface area contributed by atoms with E-state index in [0.717, 1.165) is 11.4 Å². The second-order valence-electron chi connectivity index (χ2n) is 3.71. The van der Waals surface area contributed by atoms with Crippen LogP contribution < -0.4 is 0 Å². The SMILES string of the molecule is COC(=O)c1cc2nc(C)c(C)nc2cc1Cl. The summed E-state index contributed by atoms with van der Waals surface area (Å²) in [7, 11) is 1.31. The lowest BCUT2D eigenvalue weighted by Gasteiger charge is -2.06. The second-order valence-corrected chi connectivity index (χ2v) is 4.11. The second kappa shape index (κ2) is 4.30. The van der Waals surface area contributed by atoms with Crippen molar-refractivity contribution in [2.75, 3.05) is 7.11 Å². The summed E-state index contributed by atoms with van der Waals surface area (Å²) in [5.74, 6) is -0.475. The summed E-state index contributed by atoms with van der Waals surface area (Å²) in [5.41, 5.74) is 3.29. The van der Waals surface area contributed by atoms with Gasteiger partial charge in [0.25, 0.3) is 0 Å². The molecule has 0 amide bonds. The van der Waals surface area contributed by atoms with E-state index in [4.69, 9.17) is 11.6 Å². The maximum atomic E-state index is 11.5. The number of hydrogen-bond acceptors (Lipinski definition) is 4. The lowest BCUT2D eigenvalue weighted by molar-refractivity contribution is 0.0601. The van der Waals surface area contributed by atoms with Gasteiger partial charge < -0.3 is 4.74 Å². The molecule has 0 saturated heterocycles. The Morgan fingerprint density at radius 2 is 1.71 bits per heavy atom. The van der Waals surface area contributed by atoms with E-state index in [2.05, 4.69) is 14.7 Å². The molecule has 5 heteroatoms. The van der Waals surface area contributed by atoms with Crippen molar-refractivity contribution < 1.29 is 9.53 Å². The summed E-state index contributed by atoms with van der Waals surface area (Å²) in [6.07, 6.45) is 0. The van der Waals surface area contributed by atoms with Gasteiger partial charge in [-0.1, -0.05) is 11.6 Å². The molecule has 4 nitrogen and oxygen atoms in total. The number of esters is 1. The monoisotopic (exact) mass is 250 g/mol. The first-order chi connectivity index (χ1) is 8.02. The Morgan fingerprint density at radius 1 is 1.18 bits per heavy atom.